The first-order valence-electron chi connectivity index (χ1n) is 6.95. The van der Waals surface area contributed by atoms with E-state index in [2.05, 4.69) is 9.93 Å². The van der Waals surface area contributed by atoms with Crippen LogP contribution in [0.4, 0.5) is 4.39 Å². The van der Waals surface area contributed by atoms with Crippen LogP contribution in [0.2, 0.25) is 0 Å². The van der Waals surface area contributed by atoms with Gasteiger partial charge in [-0.1, -0.05) is 48.5 Å². The average molecular weight is 332 g/mol. The molecule has 0 heterocycles. The van der Waals surface area contributed by atoms with Crippen molar-refractivity contribution in [1.82, 2.24) is 4.83 Å². The Morgan fingerprint density at radius 2 is 1.78 bits per heavy atom. The van der Waals surface area contributed by atoms with Crippen LogP contribution in [0.1, 0.15) is 18.1 Å². The Labute approximate surface area is 135 Å². The third-order valence-corrected chi connectivity index (χ3v) is 4.02. The number of hydrazone groups is 1. The predicted molar refractivity (Wildman–Crippen MR) is 90.7 cm³/mol. The second-order valence-corrected chi connectivity index (χ2v) is 6.73. The highest BCUT2D eigenvalue weighted by Gasteiger charge is 2.09. The average Bonchev–Trinajstić information content (AvgIpc) is 2.50. The van der Waals surface area contributed by atoms with E-state index < -0.39 is 15.8 Å². The van der Waals surface area contributed by atoms with Gasteiger partial charge in [-0.25, -0.2) is 17.6 Å². The van der Waals surface area contributed by atoms with Gasteiger partial charge in [0.25, 0.3) is 10.0 Å². The first kappa shape index (κ1) is 16.9. The topological polar surface area (TPSA) is 58.5 Å². The Kier molecular flexibility index (Phi) is 5.65. The Balaban J connectivity index is 1.95. The number of rotatable bonds is 6. The van der Waals surface area contributed by atoms with Crippen LogP contribution in [0, 0.1) is 5.82 Å². The fourth-order valence-electron chi connectivity index (χ4n) is 1.89. The van der Waals surface area contributed by atoms with E-state index in [1.807, 2.05) is 43.3 Å². The molecule has 0 unspecified atom stereocenters. The van der Waals surface area contributed by atoms with E-state index in [4.69, 9.17) is 0 Å². The summed E-state index contributed by atoms with van der Waals surface area (Å²) >= 11 is 0. The number of nitrogens with zero attached hydrogens (tertiary/aromatic N) is 1. The SMILES string of the molecule is CC(C=NNS(=O)(=O)Cc1ccc(F)cc1)=Cc1ccccc1. The molecular formula is C17H17FN2O2S. The molecule has 0 atom stereocenters. The molecule has 1 N–H and O–H groups in total. The molecule has 0 spiro atoms. The lowest BCUT2D eigenvalue weighted by molar-refractivity contribution is 0.583. The van der Waals surface area contributed by atoms with Gasteiger partial charge >= 0.3 is 0 Å². The van der Waals surface area contributed by atoms with Crippen molar-refractivity contribution in [2.24, 2.45) is 5.10 Å². The summed E-state index contributed by atoms with van der Waals surface area (Å²) in [6.45, 7) is 1.82. The van der Waals surface area contributed by atoms with Crippen LogP contribution in [0.25, 0.3) is 6.08 Å². The monoisotopic (exact) mass is 332 g/mol. The van der Waals surface area contributed by atoms with Crippen LogP contribution >= 0.6 is 0 Å². The Morgan fingerprint density at radius 3 is 2.43 bits per heavy atom. The molecule has 0 saturated carbocycles. The summed E-state index contributed by atoms with van der Waals surface area (Å²) in [7, 11) is -3.61. The second-order valence-electron chi connectivity index (χ2n) is 5.03. The molecule has 2 aromatic carbocycles. The van der Waals surface area contributed by atoms with E-state index in [1.165, 1.54) is 30.5 Å². The lowest BCUT2D eigenvalue weighted by Gasteiger charge is -2.03. The van der Waals surface area contributed by atoms with E-state index in [-0.39, 0.29) is 5.75 Å². The Bertz CT molecular complexity index is 798. The van der Waals surface area contributed by atoms with Crippen molar-refractivity contribution in [3.05, 3.63) is 77.1 Å². The van der Waals surface area contributed by atoms with Gasteiger partial charge in [-0.15, -0.1) is 0 Å². The lowest BCUT2D eigenvalue weighted by Crippen LogP contribution is -2.20. The van der Waals surface area contributed by atoms with E-state index in [0.29, 0.717) is 5.56 Å². The van der Waals surface area contributed by atoms with E-state index >= 15 is 0 Å². The molecule has 0 fully saturated rings. The molecule has 4 nitrogen and oxygen atoms in total. The number of allylic oxidation sites excluding steroid dienone is 1. The van der Waals surface area contributed by atoms with Crippen LogP contribution in [0.3, 0.4) is 0 Å². The van der Waals surface area contributed by atoms with E-state index in [9.17, 15) is 12.8 Å². The molecule has 0 radical (unpaired) electrons. The zero-order valence-electron chi connectivity index (χ0n) is 12.6. The van der Waals surface area contributed by atoms with Gasteiger partial charge in [0.05, 0.1) is 12.0 Å². The smallest absolute Gasteiger partial charge is 0.207 e. The van der Waals surface area contributed by atoms with Crippen LogP contribution < -0.4 is 4.83 Å². The molecule has 0 amide bonds. The number of nitrogens with one attached hydrogen (secondary N) is 1. The molecule has 0 aliphatic carbocycles. The third-order valence-electron chi connectivity index (χ3n) is 2.92. The molecule has 0 aromatic heterocycles. The summed E-state index contributed by atoms with van der Waals surface area (Å²) < 4.78 is 36.6. The standard InChI is InChI=1S/C17H17FN2O2S/c1-14(11-15-5-3-2-4-6-15)12-19-20-23(21,22)13-16-7-9-17(18)10-8-16/h2-12,20H,13H2,1H3. The van der Waals surface area contributed by atoms with E-state index in [0.717, 1.165) is 11.1 Å². The molecule has 0 aliphatic rings. The Morgan fingerprint density at radius 1 is 1.13 bits per heavy atom. The molecule has 0 aliphatic heterocycles. The summed E-state index contributed by atoms with van der Waals surface area (Å²) in [5.41, 5.74) is 2.30. The number of benzene rings is 2. The van der Waals surface area contributed by atoms with Crippen LogP contribution in [-0.4, -0.2) is 14.6 Å². The fourth-order valence-corrected chi connectivity index (χ4v) is 2.80. The first-order chi connectivity index (χ1) is 10.9. The summed E-state index contributed by atoms with van der Waals surface area (Å²) in [5.74, 6) is -0.662. The number of sulfonamides is 1. The lowest BCUT2D eigenvalue weighted by atomic mass is 10.1. The Hall–Kier alpha value is -2.47. The maximum absolute atomic E-state index is 12.8. The molecule has 0 saturated heterocycles. The van der Waals surface area contributed by atoms with Gasteiger partial charge in [-0.05, 0) is 35.8 Å². The highest BCUT2D eigenvalue weighted by molar-refractivity contribution is 7.88. The highest BCUT2D eigenvalue weighted by Crippen LogP contribution is 2.07. The maximum atomic E-state index is 12.8. The minimum absolute atomic E-state index is 0.258. The maximum Gasteiger partial charge on any atom is 0.251 e. The van der Waals surface area contributed by atoms with Crippen LogP contribution in [0.5, 0.6) is 0 Å². The van der Waals surface area contributed by atoms with Gasteiger partial charge in [0.15, 0.2) is 0 Å². The van der Waals surface area contributed by atoms with Gasteiger partial charge in [0, 0.05) is 0 Å². The van der Waals surface area contributed by atoms with Gasteiger partial charge in [0.2, 0.25) is 0 Å². The summed E-state index contributed by atoms with van der Waals surface area (Å²) in [6, 6.07) is 14.9. The minimum atomic E-state index is -3.61. The third kappa shape index (κ3) is 6.04. The fraction of sp³-hybridized carbons (Fsp3) is 0.118. The van der Waals surface area contributed by atoms with Crippen molar-refractivity contribution in [3.8, 4) is 0 Å². The van der Waals surface area contributed by atoms with Gasteiger partial charge in [-0.2, -0.15) is 5.10 Å². The van der Waals surface area contributed by atoms with E-state index in [1.54, 1.807) is 0 Å². The molecular weight excluding hydrogens is 315 g/mol. The van der Waals surface area contributed by atoms with Crippen molar-refractivity contribution in [2.75, 3.05) is 0 Å². The summed E-state index contributed by atoms with van der Waals surface area (Å²) in [5, 5.41) is 3.75. The van der Waals surface area contributed by atoms with Crippen molar-refractivity contribution >= 4 is 22.3 Å². The molecule has 23 heavy (non-hydrogen) atoms. The van der Waals surface area contributed by atoms with Crippen LogP contribution in [0.15, 0.2) is 65.3 Å². The largest absolute Gasteiger partial charge is 0.251 e. The normalized spacial score (nSPS) is 12.5. The second kappa shape index (κ2) is 7.69. The van der Waals surface area contributed by atoms with Gasteiger partial charge < -0.3 is 0 Å². The summed E-state index contributed by atoms with van der Waals surface area (Å²) in [6.07, 6.45) is 3.33. The molecule has 2 aromatic rings. The quantitative estimate of drug-likeness (QED) is 0.651. The zero-order valence-corrected chi connectivity index (χ0v) is 13.4. The molecule has 0 bridgehead atoms. The first-order valence-corrected chi connectivity index (χ1v) is 8.60. The molecule has 2 rings (SSSR count). The van der Waals surface area contributed by atoms with Crippen LogP contribution in [-0.2, 0) is 15.8 Å². The van der Waals surface area contributed by atoms with Crippen molar-refractivity contribution in [2.45, 2.75) is 12.7 Å². The zero-order chi connectivity index (χ0) is 16.7. The molecule has 120 valence electrons. The minimum Gasteiger partial charge on any atom is -0.207 e. The summed E-state index contributed by atoms with van der Waals surface area (Å²) in [4.78, 5) is 2.15. The van der Waals surface area contributed by atoms with Gasteiger partial charge in [0.1, 0.15) is 5.82 Å². The number of hydrogen-bond donors (Lipinski definition) is 1. The van der Waals surface area contributed by atoms with Crippen molar-refractivity contribution in [1.29, 1.82) is 0 Å². The van der Waals surface area contributed by atoms with Gasteiger partial charge in [-0.3, -0.25) is 0 Å². The van der Waals surface area contributed by atoms with Crippen molar-refractivity contribution < 1.29 is 12.8 Å². The highest BCUT2D eigenvalue weighted by atomic mass is 32.2. The van der Waals surface area contributed by atoms with Crippen molar-refractivity contribution in [3.63, 3.8) is 0 Å². The number of hydrogen-bond acceptors (Lipinski definition) is 3. The number of halogens is 1. The molecule has 6 heteroatoms. The predicted octanol–water partition coefficient (Wildman–Crippen LogP) is 3.33.